The fourth-order valence-corrected chi connectivity index (χ4v) is 1.58. The average Bonchev–Trinajstić information content (AvgIpc) is 2.70. The Morgan fingerprint density at radius 3 is 2.79 bits per heavy atom. The van der Waals surface area contributed by atoms with Crippen LogP contribution in [0.4, 0.5) is 0 Å². The molecule has 0 radical (unpaired) electrons. The topological polar surface area (TPSA) is 54.7 Å². The quantitative estimate of drug-likeness (QED) is 0.657. The van der Waals surface area contributed by atoms with Gasteiger partial charge in [0.1, 0.15) is 5.82 Å². The van der Waals surface area contributed by atoms with Gasteiger partial charge in [0.05, 0.1) is 6.04 Å². The first-order valence-corrected chi connectivity index (χ1v) is 5.59. The lowest BCUT2D eigenvalue weighted by Gasteiger charge is -2.07. The Morgan fingerprint density at radius 1 is 1.36 bits per heavy atom. The van der Waals surface area contributed by atoms with E-state index in [4.69, 9.17) is 5.73 Å². The molecule has 0 saturated heterocycles. The number of imidazole rings is 1. The summed E-state index contributed by atoms with van der Waals surface area (Å²) in [6.07, 6.45) is 11.1. The Hall–Kier alpha value is -0.830. The third kappa shape index (κ3) is 3.92. The summed E-state index contributed by atoms with van der Waals surface area (Å²) in [4.78, 5) is 7.20. The second-order valence-electron chi connectivity index (χ2n) is 3.78. The van der Waals surface area contributed by atoms with Gasteiger partial charge in [-0.15, -0.1) is 0 Å². The van der Waals surface area contributed by atoms with Gasteiger partial charge in [0.15, 0.2) is 0 Å². The van der Waals surface area contributed by atoms with E-state index in [9.17, 15) is 0 Å². The molecule has 1 aromatic heterocycles. The van der Waals surface area contributed by atoms with E-state index in [1.165, 1.54) is 32.1 Å². The highest BCUT2D eigenvalue weighted by Gasteiger charge is 2.06. The summed E-state index contributed by atoms with van der Waals surface area (Å²) in [5.74, 6) is 0.917. The molecule has 1 rings (SSSR count). The fourth-order valence-electron chi connectivity index (χ4n) is 1.58. The van der Waals surface area contributed by atoms with Crippen LogP contribution < -0.4 is 5.73 Å². The summed E-state index contributed by atoms with van der Waals surface area (Å²) >= 11 is 0. The molecule has 3 heteroatoms. The first kappa shape index (κ1) is 11.2. The minimum Gasteiger partial charge on any atom is -0.347 e. The van der Waals surface area contributed by atoms with Crippen molar-refractivity contribution in [3.05, 3.63) is 18.2 Å². The summed E-state index contributed by atoms with van der Waals surface area (Å²) in [5.41, 5.74) is 5.96. The summed E-state index contributed by atoms with van der Waals surface area (Å²) < 4.78 is 0. The van der Waals surface area contributed by atoms with E-state index in [0.717, 1.165) is 12.2 Å². The normalized spacial score (nSPS) is 13.0. The standard InChI is InChI=1S/C11H21N3/c1-2-3-4-5-6-7-10(12)11-13-8-9-14-11/h8-10H,2-7,12H2,1H3,(H,13,14). The molecule has 0 bridgehead atoms. The van der Waals surface area contributed by atoms with E-state index in [-0.39, 0.29) is 6.04 Å². The lowest BCUT2D eigenvalue weighted by molar-refractivity contribution is 0.541. The lowest BCUT2D eigenvalue weighted by Crippen LogP contribution is -2.11. The number of nitrogens with zero attached hydrogens (tertiary/aromatic N) is 1. The molecule has 0 aromatic carbocycles. The van der Waals surface area contributed by atoms with Gasteiger partial charge < -0.3 is 10.7 Å². The molecule has 0 aliphatic carbocycles. The highest BCUT2D eigenvalue weighted by Crippen LogP contribution is 2.14. The van der Waals surface area contributed by atoms with Gasteiger partial charge in [-0.3, -0.25) is 0 Å². The van der Waals surface area contributed by atoms with Crippen LogP contribution in [0.15, 0.2) is 12.4 Å². The van der Waals surface area contributed by atoms with Crippen LogP contribution in [0.5, 0.6) is 0 Å². The maximum Gasteiger partial charge on any atom is 0.123 e. The maximum absolute atomic E-state index is 5.96. The average molecular weight is 195 g/mol. The van der Waals surface area contributed by atoms with Crippen LogP contribution >= 0.6 is 0 Å². The second kappa shape index (κ2) is 6.60. The number of H-pyrrole nitrogens is 1. The Bertz CT molecular complexity index is 218. The smallest absolute Gasteiger partial charge is 0.123 e. The molecule has 1 atom stereocenters. The lowest BCUT2D eigenvalue weighted by atomic mass is 10.1. The number of aromatic amines is 1. The fraction of sp³-hybridized carbons (Fsp3) is 0.727. The second-order valence-corrected chi connectivity index (χ2v) is 3.78. The van der Waals surface area contributed by atoms with E-state index in [0.29, 0.717) is 0 Å². The number of hydrogen-bond donors (Lipinski definition) is 2. The molecule has 0 amide bonds. The van der Waals surface area contributed by atoms with Crippen LogP contribution in [0.25, 0.3) is 0 Å². The monoisotopic (exact) mass is 195 g/mol. The van der Waals surface area contributed by atoms with E-state index >= 15 is 0 Å². The SMILES string of the molecule is CCCCCCCC(N)c1ncc[nH]1. The van der Waals surface area contributed by atoms with Crippen LogP contribution in [0.3, 0.4) is 0 Å². The number of aromatic nitrogens is 2. The Kier molecular flexibility index (Phi) is 5.30. The Labute approximate surface area is 86.1 Å². The summed E-state index contributed by atoms with van der Waals surface area (Å²) in [6, 6.07) is 0.0895. The first-order chi connectivity index (χ1) is 6.84. The molecule has 0 fully saturated rings. The highest BCUT2D eigenvalue weighted by atomic mass is 14.9. The van der Waals surface area contributed by atoms with Gasteiger partial charge in [-0.25, -0.2) is 4.98 Å². The van der Waals surface area contributed by atoms with Crippen molar-refractivity contribution in [1.29, 1.82) is 0 Å². The molecule has 1 heterocycles. The van der Waals surface area contributed by atoms with Gasteiger partial charge in [0.25, 0.3) is 0 Å². The van der Waals surface area contributed by atoms with E-state index < -0.39 is 0 Å². The number of hydrogen-bond acceptors (Lipinski definition) is 2. The van der Waals surface area contributed by atoms with Gasteiger partial charge in [0, 0.05) is 12.4 Å². The van der Waals surface area contributed by atoms with Crippen molar-refractivity contribution in [2.75, 3.05) is 0 Å². The van der Waals surface area contributed by atoms with Crippen molar-refractivity contribution >= 4 is 0 Å². The summed E-state index contributed by atoms with van der Waals surface area (Å²) in [6.45, 7) is 2.23. The van der Waals surface area contributed by atoms with Gasteiger partial charge in [-0.05, 0) is 6.42 Å². The van der Waals surface area contributed by atoms with Gasteiger partial charge >= 0.3 is 0 Å². The molecule has 3 N–H and O–H groups in total. The van der Waals surface area contributed by atoms with Gasteiger partial charge in [-0.1, -0.05) is 39.0 Å². The van der Waals surface area contributed by atoms with Crippen LogP contribution in [0.1, 0.15) is 57.3 Å². The van der Waals surface area contributed by atoms with Crippen molar-refractivity contribution < 1.29 is 0 Å². The Balaban J connectivity index is 2.07. The zero-order valence-corrected chi connectivity index (χ0v) is 9.00. The van der Waals surface area contributed by atoms with Crippen molar-refractivity contribution in [2.45, 2.75) is 51.5 Å². The molecule has 1 unspecified atom stereocenters. The summed E-state index contributed by atoms with van der Waals surface area (Å²) in [7, 11) is 0. The van der Waals surface area contributed by atoms with Crippen molar-refractivity contribution in [3.8, 4) is 0 Å². The molecule has 3 nitrogen and oxygen atoms in total. The van der Waals surface area contributed by atoms with Crippen LogP contribution in [-0.4, -0.2) is 9.97 Å². The Morgan fingerprint density at radius 2 is 2.14 bits per heavy atom. The molecule has 0 aliphatic rings. The number of nitrogens with one attached hydrogen (secondary N) is 1. The van der Waals surface area contributed by atoms with Crippen LogP contribution in [-0.2, 0) is 0 Å². The minimum atomic E-state index is 0.0895. The first-order valence-electron chi connectivity index (χ1n) is 5.59. The van der Waals surface area contributed by atoms with Gasteiger partial charge in [-0.2, -0.15) is 0 Å². The minimum absolute atomic E-state index is 0.0895. The molecule has 1 aromatic rings. The third-order valence-electron chi connectivity index (χ3n) is 2.49. The zero-order chi connectivity index (χ0) is 10.2. The third-order valence-corrected chi connectivity index (χ3v) is 2.49. The summed E-state index contributed by atoms with van der Waals surface area (Å²) in [5, 5.41) is 0. The largest absolute Gasteiger partial charge is 0.347 e. The van der Waals surface area contributed by atoms with Crippen molar-refractivity contribution in [1.82, 2.24) is 9.97 Å². The molecular weight excluding hydrogens is 174 g/mol. The van der Waals surface area contributed by atoms with E-state index in [1.54, 1.807) is 6.20 Å². The van der Waals surface area contributed by atoms with Gasteiger partial charge in [0.2, 0.25) is 0 Å². The zero-order valence-electron chi connectivity index (χ0n) is 9.00. The van der Waals surface area contributed by atoms with Crippen LogP contribution in [0.2, 0.25) is 0 Å². The van der Waals surface area contributed by atoms with E-state index in [1.807, 2.05) is 6.20 Å². The molecule has 0 aliphatic heterocycles. The van der Waals surface area contributed by atoms with Crippen molar-refractivity contribution in [3.63, 3.8) is 0 Å². The molecule has 0 saturated carbocycles. The van der Waals surface area contributed by atoms with E-state index in [2.05, 4.69) is 16.9 Å². The molecule has 80 valence electrons. The predicted octanol–water partition coefficient (Wildman–Crippen LogP) is 2.77. The molecular formula is C11H21N3. The van der Waals surface area contributed by atoms with Crippen molar-refractivity contribution in [2.24, 2.45) is 5.73 Å². The number of unbranched alkanes of at least 4 members (excludes halogenated alkanes) is 4. The predicted molar refractivity (Wildman–Crippen MR) is 58.9 cm³/mol. The highest BCUT2D eigenvalue weighted by molar-refractivity contribution is 4.93. The molecule has 14 heavy (non-hydrogen) atoms. The molecule has 0 spiro atoms. The number of nitrogens with two attached hydrogens (primary N) is 1. The maximum atomic E-state index is 5.96. The van der Waals surface area contributed by atoms with Crippen LogP contribution in [0, 0.1) is 0 Å². The number of rotatable bonds is 7.